The Kier molecular flexibility index (Phi) is 2.18. The van der Waals surface area contributed by atoms with Gasteiger partial charge in [-0.25, -0.2) is 0 Å². The molecule has 0 aliphatic heterocycles. The summed E-state index contributed by atoms with van der Waals surface area (Å²) >= 11 is 3.20. The lowest BCUT2D eigenvalue weighted by molar-refractivity contribution is 0.153. The SMILES string of the molecule is CC(C)(c1nc(Br)no1)C1CCC1. The van der Waals surface area contributed by atoms with Crippen LogP contribution in [0.15, 0.2) is 9.26 Å². The van der Waals surface area contributed by atoms with Gasteiger partial charge in [-0.15, -0.1) is 0 Å². The molecule has 0 bridgehead atoms. The summed E-state index contributed by atoms with van der Waals surface area (Å²) in [6, 6.07) is 0. The van der Waals surface area contributed by atoms with E-state index in [1.807, 2.05) is 0 Å². The van der Waals surface area contributed by atoms with Crippen LogP contribution in [0, 0.1) is 5.92 Å². The minimum atomic E-state index is 0.0390. The van der Waals surface area contributed by atoms with E-state index < -0.39 is 0 Å². The summed E-state index contributed by atoms with van der Waals surface area (Å²) in [6.07, 6.45) is 3.91. The molecule has 0 unspecified atom stereocenters. The van der Waals surface area contributed by atoms with Gasteiger partial charge in [0.25, 0.3) is 0 Å². The van der Waals surface area contributed by atoms with E-state index in [0.717, 1.165) is 5.89 Å². The molecule has 2 rings (SSSR count). The lowest BCUT2D eigenvalue weighted by atomic mass is 9.67. The van der Waals surface area contributed by atoms with Gasteiger partial charge in [-0.2, -0.15) is 4.98 Å². The lowest BCUT2D eigenvalue weighted by Gasteiger charge is -2.37. The molecule has 0 aromatic carbocycles. The molecular weight excluding hydrogens is 232 g/mol. The maximum atomic E-state index is 5.18. The minimum Gasteiger partial charge on any atom is -0.338 e. The topological polar surface area (TPSA) is 38.9 Å². The standard InChI is InChI=1S/C9H13BrN2O/c1-9(2,6-4-3-5-6)7-11-8(10)12-13-7/h6H,3-5H2,1-2H3. The molecular formula is C9H13BrN2O. The molecule has 0 spiro atoms. The number of nitrogens with zero attached hydrogens (tertiary/aromatic N) is 2. The highest BCUT2D eigenvalue weighted by molar-refractivity contribution is 9.10. The number of hydrogen-bond donors (Lipinski definition) is 0. The fourth-order valence-corrected chi connectivity index (χ4v) is 2.01. The van der Waals surface area contributed by atoms with Gasteiger partial charge in [-0.1, -0.05) is 20.3 Å². The van der Waals surface area contributed by atoms with Crippen molar-refractivity contribution in [2.75, 3.05) is 0 Å². The first kappa shape index (κ1) is 9.19. The summed E-state index contributed by atoms with van der Waals surface area (Å²) in [7, 11) is 0. The number of hydrogen-bond acceptors (Lipinski definition) is 3. The van der Waals surface area contributed by atoms with E-state index in [9.17, 15) is 0 Å². The fraction of sp³-hybridized carbons (Fsp3) is 0.778. The molecule has 1 aliphatic carbocycles. The van der Waals surface area contributed by atoms with Crippen molar-refractivity contribution in [2.45, 2.75) is 38.5 Å². The van der Waals surface area contributed by atoms with Crippen molar-refractivity contribution in [3.63, 3.8) is 0 Å². The molecule has 72 valence electrons. The first-order chi connectivity index (χ1) is 6.10. The Morgan fingerprint density at radius 1 is 1.46 bits per heavy atom. The highest BCUT2D eigenvalue weighted by Crippen LogP contribution is 2.43. The van der Waals surface area contributed by atoms with Crippen LogP contribution in [0.25, 0.3) is 0 Å². The van der Waals surface area contributed by atoms with Gasteiger partial charge < -0.3 is 4.52 Å². The molecule has 1 heterocycles. The summed E-state index contributed by atoms with van der Waals surface area (Å²) in [5, 5.41) is 3.75. The van der Waals surface area contributed by atoms with Crippen LogP contribution in [0.3, 0.4) is 0 Å². The molecule has 0 radical (unpaired) electrons. The third-order valence-corrected chi connectivity index (χ3v) is 3.40. The molecule has 0 N–H and O–H groups in total. The Morgan fingerprint density at radius 3 is 2.54 bits per heavy atom. The van der Waals surface area contributed by atoms with Crippen molar-refractivity contribution >= 4 is 15.9 Å². The van der Waals surface area contributed by atoms with Gasteiger partial charge in [0.1, 0.15) is 0 Å². The Hall–Kier alpha value is -0.380. The van der Waals surface area contributed by atoms with Crippen molar-refractivity contribution in [3.8, 4) is 0 Å². The van der Waals surface area contributed by atoms with Crippen LogP contribution < -0.4 is 0 Å². The van der Waals surface area contributed by atoms with E-state index in [2.05, 4.69) is 39.9 Å². The Morgan fingerprint density at radius 2 is 2.15 bits per heavy atom. The zero-order valence-electron chi connectivity index (χ0n) is 7.88. The predicted octanol–water partition coefficient (Wildman–Crippen LogP) is 2.91. The zero-order valence-corrected chi connectivity index (χ0v) is 9.47. The van der Waals surface area contributed by atoms with Gasteiger partial charge >= 0.3 is 0 Å². The van der Waals surface area contributed by atoms with Crippen molar-refractivity contribution < 1.29 is 4.52 Å². The van der Waals surface area contributed by atoms with Crippen LogP contribution in [0.1, 0.15) is 39.0 Å². The van der Waals surface area contributed by atoms with Crippen LogP contribution in [0.5, 0.6) is 0 Å². The second-order valence-corrected chi connectivity index (χ2v) is 4.93. The van der Waals surface area contributed by atoms with E-state index >= 15 is 0 Å². The van der Waals surface area contributed by atoms with Crippen LogP contribution in [0.4, 0.5) is 0 Å². The second-order valence-electron chi connectivity index (χ2n) is 4.22. The third kappa shape index (κ3) is 1.52. The minimum absolute atomic E-state index is 0.0390. The molecule has 0 amide bonds. The summed E-state index contributed by atoms with van der Waals surface area (Å²) in [6.45, 7) is 4.35. The zero-order chi connectivity index (χ0) is 9.47. The largest absolute Gasteiger partial charge is 0.338 e. The van der Waals surface area contributed by atoms with E-state index in [-0.39, 0.29) is 5.41 Å². The maximum Gasteiger partial charge on any atom is 0.238 e. The van der Waals surface area contributed by atoms with Gasteiger partial charge in [0.2, 0.25) is 10.6 Å². The van der Waals surface area contributed by atoms with Crippen LogP contribution >= 0.6 is 15.9 Å². The van der Waals surface area contributed by atoms with Gasteiger partial charge in [0.15, 0.2) is 0 Å². The molecule has 13 heavy (non-hydrogen) atoms. The van der Waals surface area contributed by atoms with Crippen LogP contribution in [-0.4, -0.2) is 10.1 Å². The van der Waals surface area contributed by atoms with E-state index in [0.29, 0.717) is 10.7 Å². The smallest absolute Gasteiger partial charge is 0.238 e. The molecule has 0 atom stereocenters. The molecule has 1 aromatic heterocycles. The average Bonchev–Trinajstić information content (AvgIpc) is 2.30. The van der Waals surface area contributed by atoms with E-state index in [4.69, 9.17) is 4.52 Å². The third-order valence-electron chi connectivity index (χ3n) is 3.08. The van der Waals surface area contributed by atoms with E-state index in [1.54, 1.807) is 0 Å². The summed E-state index contributed by atoms with van der Waals surface area (Å²) in [5.74, 6) is 1.46. The molecule has 4 heteroatoms. The lowest BCUT2D eigenvalue weighted by Crippen LogP contribution is -2.33. The van der Waals surface area contributed by atoms with Crippen molar-refractivity contribution in [2.24, 2.45) is 5.92 Å². The summed E-state index contributed by atoms with van der Waals surface area (Å²) in [5.41, 5.74) is 0.0390. The molecule has 1 aliphatic rings. The Balaban J connectivity index is 2.22. The second kappa shape index (κ2) is 3.08. The first-order valence-corrected chi connectivity index (χ1v) is 5.39. The van der Waals surface area contributed by atoms with Crippen LogP contribution in [0.2, 0.25) is 0 Å². The monoisotopic (exact) mass is 244 g/mol. The number of aromatic nitrogens is 2. The van der Waals surface area contributed by atoms with Crippen molar-refractivity contribution in [1.29, 1.82) is 0 Å². The predicted molar refractivity (Wildman–Crippen MR) is 52.4 cm³/mol. The van der Waals surface area contributed by atoms with E-state index in [1.165, 1.54) is 19.3 Å². The number of halogens is 1. The fourth-order valence-electron chi connectivity index (χ4n) is 1.77. The van der Waals surface area contributed by atoms with Gasteiger partial charge in [-0.05, 0) is 39.8 Å². The van der Waals surface area contributed by atoms with Gasteiger partial charge in [0.05, 0.1) is 0 Å². The van der Waals surface area contributed by atoms with Crippen LogP contribution in [-0.2, 0) is 5.41 Å². The first-order valence-electron chi connectivity index (χ1n) is 4.60. The Bertz CT molecular complexity index is 304. The highest BCUT2D eigenvalue weighted by Gasteiger charge is 2.39. The normalized spacial score (nSPS) is 18.7. The van der Waals surface area contributed by atoms with Gasteiger partial charge in [0, 0.05) is 5.41 Å². The molecule has 0 saturated heterocycles. The quantitative estimate of drug-likeness (QED) is 0.804. The molecule has 1 aromatic rings. The summed E-state index contributed by atoms with van der Waals surface area (Å²) < 4.78 is 5.73. The maximum absolute atomic E-state index is 5.18. The highest BCUT2D eigenvalue weighted by atomic mass is 79.9. The number of rotatable bonds is 2. The van der Waals surface area contributed by atoms with Crippen molar-refractivity contribution in [3.05, 3.63) is 10.6 Å². The average molecular weight is 245 g/mol. The molecule has 1 fully saturated rings. The molecule has 1 saturated carbocycles. The molecule has 3 nitrogen and oxygen atoms in total. The summed E-state index contributed by atoms with van der Waals surface area (Å²) in [4.78, 5) is 4.22. The Labute approximate surface area is 86.0 Å². The van der Waals surface area contributed by atoms with Crippen molar-refractivity contribution in [1.82, 2.24) is 10.1 Å². The van der Waals surface area contributed by atoms with Gasteiger partial charge in [-0.3, -0.25) is 0 Å².